The number of hydrogen-bond donors (Lipinski definition) is 1. The molecule has 0 atom stereocenters. The molecule has 0 saturated carbocycles. The summed E-state index contributed by atoms with van der Waals surface area (Å²) in [5.41, 5.74) is -0.0665. The highest BCUT2D eigenvalue weighted by Crippen LogP contribution is 2.36. The van der Waals surface area contributed by atoms with Crippen LogP contribution in [0.3, 0.4) is 0 Å². The molecule has 124 valence electrons. The first-order valence-electron chi connectivity index (χ1n) is 7.80. The van der Waals surface area contributed by atoms with E-state index >= 15 is 0 Å². The second kappa shape index (κ2) is 6.35. The molecule has 0 bridgehead atoms. The normalized spacial score (nSPS) is 19.1. The molecular formula is C14H19N5O4. The van der Waals surface area contributed by atoms with Crippen molar-refractivity contribution in [3.63, 3.8) is 0 Å². The number of anilines is 2. The summed E-state index contributed by atoms with van der Waals surface area (Å²) in [6.07, 6.45) is 4.30. The maximum absolute atomic E-state index is 11.6. The minimum atomic E-state index is -0.806. The summed E-state index contributed by atoms with van der Waals surface area (Å²) >= 11 is 0. The van der Waals surface area contributed by atoms with Crippen LogP contribution in [0.1, 0.15) is 25.7 Å². The number of hydrogen-bond acceptors (Lipinski definition) is 7. The third-order valence-electron chi connectivity index (χ3n) is 4.52. The number of nitrogens with zero attached hydrogens (tertiary/aromatic N) is 5. The van der Waals surface area contributed by atoms with Crippen molar-refractivity contribution in [3.05, 3.63) is 16.4 Å². The van der Waals surface area contributed by atoms with Crippen molar-refractivity contribution in [1.82, 2.24) is 9.97 Å². The van der Waals surface area contributed by atoms with E-state index in [4.69, 9.17) is 5.11 Å². The van der Waals surface area contributed by atoms with Gasteiger partial charge in [0, 0.05) is 26.2 Å². The Morgan fingerprint density at radius 3 is 2.13 bits per heavy atom. The molecule has 2 aliphatic rings. The molecule has 0 unspecified atom stereocenters. The molecule has 3 heterocycles. The van der Waals surface area contributed by atoms with E-state index < -0.39 is 10.9 Å². The van der Waals surface area contributed by atoms with Crippen molar-refractivity contribution in [1.29, 1.82) is 0 Å². The van der Waals surface area contributed by atoms with Crippen molar-refractivity contribution in [2.45, 2.75) is 25.7 Å². The standard InChI is InChI=1S/C14H19N5O4/c20-14(21)10-3-7-18(8-4-10)13-11(19(22)23)12(15-9-16-13)17-5-1-2-6-17/h9-10H,1-8H2,(H,20,21). The molecule has 23 heavy (non-hydrogen) atoms. The first kappa shape index (κ1) is 15.4. The summed E-state index contributed by atoms with van der Waals surface area (Å²) < 4.78 is 0. The molecule has 0 spiro atoms. The quantitative estimate of drug-likeness (QED) is 0.652. The van der Waals surface area contributed by atoms with Gasteiger partial charge in [-0.1, -0.05) is 0 Å². The topological polar surface area (TPSA) is 113 Å². The fourth-order valence-electron chi connectivity index (χ4n) is 3.25. The van der Waals surface area contributed by atoms with Gasteiger partial charge in [0.1, 0.15) is 6.33 Å². The van der Waals surface area contributed by atoms with Crippen LogP contribution in [0, 0.1) is 16.0 Å². The number of carboxylic acid groups (broad SMARTS) is 1. The first-order chi connectivity index (χ1) is 11.1. The summed E-state index contributed by atoms with van der Waals surface area (Å²) in [5, 5.41) is 20.7. The number of carboxylic acids is 1. The van der Waals surface area contributed by atoms with Gasteiger partial charge in [-0.2, -0.15) is 0 Å². The average Bonchev–Trinajstić information content (AvgIpc) is 3.08. The summed E-state index contributed by atoms with van der Waals surface area (Å²) in [6.45, 7) is 2.43. The summed E-state index contributed by atoms with van der Waals surface area (Å²) in [6, 6.07) is 0. The molecule has 1 aromatic rings. The van der Waals surface area contributed by atoms with E-state index in [9.17, 15) is 14.9 Å². The Hall–Kier alpha value is -2.45. The van der Waals surface area contributed by atoms with Crippen molar-refractivity contribution >= 4 is 23.3 Å². The summed E-state index contributed by atoms with van der Waals surface area (Å²) in [5.74, 6) is -0.515. The zero-order valence-corrected chi connectivity index (χ0v) is 12.7. The van der Waals surface area contributed by atoms with Gasteiger partial charge in [0.25, 0.3) is 0 Å². The van der Waals surface area contributed by atoms with Gasteiger partial charge in [0.2, 0.25) is 11.6 Å². The van der Waals surface area contributed by atoms with Gasteiger partial charge in [-0.3, -0.25) is 14.9 Å². The Morgan fingerprint density at radius 1 is 1.13 bits per heavy atom. The lowest BCUT2D eigenvalue weighted by molar-refractivity contribution is -0.383. The van der Waals surface area contributed by atoms with Crippen molar-refractivity contribution in [2.75, 3.05) is 36.0 Å². The SMILES string of the molecule is O=C(O)C1CCN(c2ncnc(N3CCCC3)c2[N+](=O)[O-])CC1. The van der Waals surface area contributed by atoms with Crippen LogP contribution in [-0.2, 0) is 4.79 Å². The Labute approximate surface area is 133 Å². The lowest BCUT2D eigenvalue weighted by atomic mass is 9.97. The molecule has 0 amide bonds. The van der Waals surface area contributed by atoms with Gasteiger partial charge in [-0.25, -0.2) is 9.97 Å². The second-order valence-corrected chi connectivity index (χ2v) is 5.92. The van der Waals surface area contributed by atoms with E-state index in [1.807, 2.05) is 4.90 Å². The first-order valence-corrected chi connectivity index (χ1v) is 7.80. The van der Waals surface area contributed by atoms with E-state index in [-0.39, 0.29) is 11.6 Å². The highest BCUT2D eigenvalue weighted by atomic mass is 16.6. The van der Waals surface area contributed by atoms with Gasteiger partial charge in [-0.15, -0.1) is 0 Å². The highest BCUT2D eigenvalue weighted by Gasteiger charge is 2.33. The second-order valence-electron chi connectivity index (χ2n) is 5.92. The van der Waals surface area contributed by atoms with Gasteiger partial charge >= 0.3 is 11.7 Å². The Kier molecular flexibility index (Phi) is 4.26. The van der Waals surface area contributed by atoms with E-state index in [1.165, 1.54) is 6.33 Å². The molecule has 0 aliphatic carbocycles. The van der Waals surface area contributed by atoms with E-state index in [0.717, 1.165) is 25.9 Å². The van der Waals surface area contributed by atoms with Crippen LogP contribution in [-0.4, -0.2) is 52.1 Å². The number of rotatable bonds is 4. The molecule has 2 fully saturated rings. The molecule has 0 radical (unpaired) electrons. The predicted octanol–water partition coefficient (Wildman–Crippen LogP) is 1.29. The lowest BCUT2D eigenvalue weighted by Crippen LogP contribution is -2.37. The number of piperidine rings is 1. The van der Waals surface area contributed by atoms with Crippen LogP contribution < -0.4 is 9.80 Å². The Balaban J connectivity index is 1.88. The largest absolute Gasteiger partial charge is 0.481 e. The van der Waals surface area contributed by atoms with E-state index in [1.54, 1.807) is 4.90 Å². The summed E-state index contributed by atoms with van der Waals surface area (Å²) in [7, 11) is 0. The fourth-order valence-corrected chi connectivity index (χ4v) is 3.25. The average molecular weight is 321 g/mol. The molecule has 2 aliphatic heterocycles. The van der Waals surface area contributed by atoms with Crippen LogP contribution in [0.2, 0.25) is 0 Å². The highest BCUT2D eigenvalue weighted by molar-refractivity contribution is 5.73. The Bertz CT molecular complexity index is 609. The molecule has 3 rings (SSSR count). The third-order valence-corrected chi connectivity index (χ3v) is 4.52. The van der Waals surface area contributed by atoms with Gasteiger partial charge < -0.3 is 14.9 Å². The van der Waals surface area contributed by atoms with Crippen molar-refractivity contribution in [2.24, 2.45) is 5.92 Å². The maximum Gasteiger partial charge on any atom is 0.353 e. The zero-order chi connectivity index (χ0) is 16.4. The number of aliphatic carboxylic acids is 1. The third kappa shape index (κ3) is 3.03. The van der Waals surface area contributed by atoms with Gasteiger partial charge in [-0.05, 0) is 25.7 Å². The summed E-state index contributed by atoms with van der Waals surface area (Å²) in [4.78, 5) is 34.2. The van der Waals surface area contributed by atoms with Gasteiger partial charge in [0.15, 0.2) is 0 Å². The van der Waals surface area contributed by atoms with Crippen LogP contribution in [0.25, 0.3) is 0 Å². The molecular weight excluding hydrogens is 302 g/mol. The number of aromatic nitrogens is 2. The minimum absolute atomic E-state index is 0.0665. The maximum atomic E-state index is 11.6. The lowest BCUT2D eigenvalue weighted by Gasteiger charge is -2.31. The van der Waals surface area contributed by atoms with Crippen molar-refractivity contribution in [3.8, 4) is 0 Å². The molecule has 9 heteroatoms. The molecule has 0 aromatic carbocycles. The predicted molar refractivity (Wildman–Crippen MR) is 82.7 cm³/mol. The minimum Gasteiger partial charge on any atom is -0.481 e. The fraction of sp³-hybridized carbons (Fsp3) is 0.643. The Morgan fingerprint density at radius 2 is 1.65 bits per heavy atom. The molecule has 1 aromatic heterocycles. The number of nitro groups is 1. The smallest absolute Gasteiger partial charge is 0.353 e. The monoisotopic (exact) mass is 321 g/mol. The van der Waals surface area contributed by atoms with Crippen LogP contribution in [0.5, 0.6) is 0 Å². The number of carbonyl (C=O) groups is 1. The van der Waals surface area contributed by atoms with Crippen LogP contribution in [0.15, 0.2) is 6.33 Å². The molecule has 9 nitrogen and oxygen atoms in total. The van der Waals surface area contributed by atoms with E-state index in [2.05, 4.69) is 9.97 Å². The van der Waals surface area contributed by atoms with Crippen LogP contribution >= 0.6 is 0 Å². The molecule has 2 saturated heterocycles. The van der Waals surface area contributed by atoms with Gasteiger partial charge in [0.05, 0.1) is 10.8 Å². The van der Waals surface area contributed by atoms with Crippen molar-refractivity contribution < 1.29 is 14.8 Å². The molecule has 1 N–H and O–H groups in total. The van der Waals surface area contributed by atoms with E-state index in [0.29, 0.717) is 37.6 Å². The van der Waals surface area contributed by atoms with Crippen LogP contribution in [0.4, 0.5) is 17.3 Å². The zero-order valence-electron chi connectivity index (χ0n) is 12.7.